The molecule has 0 aliphatic carbocycles. The van der Waals surface area contributed by atoms with Crippen LogP contribution in [0.2, 0.25) is 0 Å². The maximum Gasteiger partial charge on any atom is 0.0842 e. The summed E-state index contributed by atoms with van der Waals surface area (Å²) in [5.74, 6) is 0. The smallest absolute Gasteiger partial charge is 0.0842 e. The zero-order valence-electron chi connectivity index (χ0n) is 4.13. The van der Waals surface area contributed by atoms with Crippen molar-refractivity contribution in [1.29, 1.82) is 0 Å². The van der Waals surface area contributed by atoms with Crippen molar-refractivity contribution in [3.63, 3.8) is 0 Å². The average molecular weight is 101 g/mol. The minimum atomic E-state index is 0.0972. The molecule has 0 bridgehead atoms. The number of aliphatic hydroxyl groups is 1. The standard InChI is InChI=1S/C5H9O2/c6-4-5-2-1-3-7-5/h3,5-6H,1-2,4H2/t5-/m0/s1. The number of aliphatic hydroxyl groups excluding tert-OH is 1. The fourth-order valence-corrected chi connectivity index (χ4v) is 0.660. The molecular weight excluding hydrogens is 92.1 g/mol. The average Bonchev–Trinajstić information content (AvgIpc) is 2.14. The lowest BCUT2D eigenvalue weighted by atomic mass is 10.2. The Morgan fingerprint density at radius 3 is 3.00 bits per heavy atom. The molecule has 0 spiro atoms. The second-order valence-corrected chi connectivity index (χ2v) is 1.68. The van der Waals surface area contributed by atoms with Crippen LogP contribution in [-0.2, 0) is 4.74 Å². The van der Waals surface area contributed by atoms with Gasteiger partial charge < -0.3 is 9.84 Å². The first kappa shape index (κ1) is 5.06. The Kier molecular flexibility index (Phi) is 1.65. The van der Waals surface area contributed by atoms with E-state index < -0.39 is 0 Å². The largest absolute Gasteiger partial charge is 0.394 e. The maximum atomic E-state index is 8.42. The van der Waals surface area contributed by atoms with E-state index >= 15 is 0 Å². The fourth-order valence-electron chi connectivity index (χ4n) is 0.660. The van der Waals surface area contributed by atoms with E-state index in [-0.39, 0.29) is 12.7 Å². The number of ether oxygens (including phenoxy) is 1. The van der Waals surface area contributed by atoms with Crippen LogP contribution in [0.5, 0.6) is 0 Å². The van der Waals surface area contributed by atoms with Crippen molar-refractivity contribution >= 4 is 0 Å². The molecule has 0 amide bonds. The summed E-state index contributed by atoms with van der Waals surface area (Å²) in [5.41, 5.74) is 0. The molecule has 0 aromatic heterocycles. The van der Waals surface area contributed by atoms with Crippen LogP contribution in [0, 0.1) is 6.61 Å². The summed E-state index contributed by atoms with van der Waals surface area (Å²) in [7, 11) is 0. The van der Waals surface area contributed by atoms with Crippen molar-refractivity contribution in [2.24, 2.45) is 0 Å². The Bertz CT molecular complexity index is 48.0. The monoisotopic (exact) mass is 101 g/mol. The Balaban J connectivity index is 2.14. The zero-order chi connectivity index (χ0) is 5.11. The highest BCUT2D eigenvalue weighted by Gasteiger charge is 2.13. The third-order valence-corrected chi connectivity index (χ3v) is 1.10. The maximum absolute atomic E-state index is 8.42. The SMILES string of the molecule is OC[C@@H]1CC[CH]O1. The number of rotatable bonds is 1. The van der Waals surface area contributed by atoms with E-state index in [2.05, 4.69) is 0 Å². The Labute approximate surface area is 43.1 Å². The van der Waals surface area contributed by atoms with Crippen molar-refractivity contribution in [3.05, 3.63) is 6.61 Å². The first-order chi connectivity index (χ1) is 3.43. The Morgan fingerprint density at radius 1 is 1.86 bits per heavy atom. The van der Waals surface area contributed by atoms with E-state index in [1.165, 1.54) is 0 Å². The lowest BCUT2D eigenvalue weighted by molar-refractivity contribution is 0.0869. The van der Waals surface area contributed by atoms with Crippen molar-refractivity contribution in [1.82, 2.24) is 0 Å². The van der Waals surface area contributed by atoms with Gasteiger partial charge in [0.15, 0.2) is 0 Å². The van der Waals surface area contributed by atoms with Crippen LogP contribution < -0.4 is 0 Å². The van der Waals surface area contributed by atoms with E-state index in [1.54, 1.807) is 6.61 Å². The topological polar surface area (TPSA) is 29.5 Å². The summed E-state index contributed by atoms with van der Waals surface area (Å²) in [4.78, 5) is 0. The van der Waals surface area contributed by atoms with E-state index in [4.69, 9.17) is 9.84 Å². The minimum Gasteiger partial charge on any atom is -0.394 e. The number of hydrogen-bond acceptors (Lipinski definition) is 2. The summed E-state index contributed by atoms with van der Waals surface area (Å²) < 4.78 is 4.93. The van der Waals surface area contributed by atoms with Gasteiger partial charge in [0.25, 0.3) is 0 Å². The highest BCUT2D eigenvalue weighted by Crippen LogP contribution is 2.13. The normalized spacial score (nSPS) is 31.3. The molecule has 1 fully saturated rings. The first-order valence-electron chi connectivity index (χ1n) is 2.51. The Morgan fingerprint density at radius 2 is 2.71 bits per heavy atom. The van der Waals surface area contributed by atoms with Crippen LogP contribution in [0.1, 0.15) is 12.8 Å². The van der Waals surface area contributed by atoms with Crippen LogP contribution in [0.25, 0.3) is 0 Å². The van der Waals surface area contributed by atoms with Gasteiger partial charge >= 0.3 is 0 Å². The first-order valence-corrected chi connectivity index (χ1v) is 2.51. The summed E-state index contributed by atoms with van der Waals surface area (Å²) in [6, 6.07) is 0. The third kappa shape index (κ3) is 1.14. The van der Waals surface area contributed by atoms with Crippen LogP contribution in [0.3, 0.4) is 0 Å². The molecule has 1 aliphatic heterocycles. The summed E-state index contributed by atoms with van der Waals surface area (Å²) >= 11 is 0. The van der Waals surface area contributed by atoms with E-state index in [9.17, 15) is 0 Å². The van der Waals surface area contributed by atoms with Gasteiger partial charge in [-0.1, -0.05) is 0 Å². The summed E-state index contributed by atoms with van der Waals surface area (Å²) in [6.07, 6.45) is 2.07. The molecule has 1 rings (SSSR count). The molecule has 41 valence electrons. The second-order valence-electron chi connectivity index (χ2n) is 1.68. The van der Waals surface area contributed by atoms with E-state index in [0.29, 0.717) is 0 Å². The molecule has 0 aromatic carbocycles. The molecule has 1 heterocycles. The molecule has 1 N–H and O–H groups in total. The van der Waals surface area contributed by atoms with Crippen LogP contribution in [0.4, 0.5) is 0 Å². The molecular formula is C5H9O2. The van der Waals surface area contributed by atoms with Crippen LogP contribution >= 0.6 is 0 Å². The van der Waals surface area contributed by atoms with Gasteiger partial charge in [-0.25, -0.2) is 0 Å². The van der Waals surface area contributed by atoms with E-state index in [0.717, 1.165) is 12.8 Å². The van der Waals surface area contributed by atoms with Gasteiger partial charge in [-0.15, -0.1) is 0 Å². The quantitative estimate of drug-likeness (QED) is 0.515. The van der Waals surface area contributed by atoms with Gasteiger partial charge in [-0.2, -0.15) is 0 Å². The molecule has 2 heteroatoms. The highest BCUT2D eigenvalue weighted by atomic mass is 16.5. The molecule has 1 aliphatic rings. The van der Waals surface area contributed by atoms with E-state index in [1.807, 2.05) is 0 Å². The van der Waals surface area contributed by atoms with Gasteiger partial charge in [0.1, 0.15) is 0 Å². The van der Waals surface area contributed by atoms with Crippen molar-refractivity contribution in [3.8, 4) is 0 Å². The molecule has 1 saturated heterocycles. The molecule has 7 heavy (non-hydrogen) atoms. The summed E-state index contributed by atoms with van der Waals surface area (Å²) in [6.45, 7) is 1.91. The highest BCUT2D eigenvalue weighted by molar-refractivity contribution is 4.69. The molecule has 0 unspecified atom stereocenters. The van der Waals surface area contributed by atoms with Gasteiger partial charge in [-0.3, -0.25) is 0 Å². The number of hydrogen-bond donors (Lipinski definition) is 1. The third-order valence-electron chi connectivity index (χ3n) is 1.10. The second kappa shape index (κ2) is 2.28. The van der Waals surface area contributed by atoms with Crippen molar-refractivity contribution < 1.29 is 9.84 Å². The minimum absolute atomic E-state index is 0.0972. The molecule has 1 radical (unpaired) electrons. The van der Waals surface area contributed by atoms with Crippen LogP contribution in [0.15, 0.2) is 0 Å². The van der Waals surface area contributed by atoms with Gasteiger partial charge in [0.2, 0.25) is 0 Å². The summed E-state index contributed by atoms with van der Waals surface area (Å²) in [5, 5.41) is 8.42. The van der Waals surface area contributed by atoms with Crippen LogP contribution in [-0.4, -0.2) is 17.8 Å². The molecule has 2 nitrogen and oxygen atoms in total. The molecule has 1 atom stereocenters. The predicted molar refractivity (Wildman–Crippen MR) is 25.5 cm³/mol. The zero-order valence-corrected chi connectivity index (χ0v) is 4.13. The molecule has 0 saturated carbocycles. The van der Waals surface area contributed by atoms with Gasteiger partial charge in [0.05, 0.1) is 19.3 Å². The lowest BCUT2D eigenvalue weighted by Gasteiger charge is -2.00. The predicted octanol–water partition coefficient (Wildman–Crippen LogP) is 0.319. The van der Waals surface area contributed by atoms with Gasteiger partial charge in [0, 0.05) is 0 Å². The van der Waals surface area contributed by atoms with Crippen molar-refractivity contribution in [2.45, 2.75) is 18.9 Å². The lowest BCUT2D eigenvalue weighted by Crippen LogP contribution is -2.08. The fraction of sp³-hybridized carbons (Fsp3) is 0.800. The van der Waals surface area contributed by atoms with Gasteiger partial charge in [-0.05, 0) is 12.8 Å². The molecule has 0 aromatic rings. The Hall–Kier alpha value is -0.0800. The van der Waals surface area contributed by atoms with Crippen molar-refractivity contribution in [2.75, 3.05) is 6.61 Å².